The van der Waals surface area contributed by atoms with Gasteiger partial charge in [-0.2, -0.15) is 0 Å². The van der Waals surface area contributed by atoms with Crippen LogP contribution in [0.3, 0.4) is 0 Å². The first-order chi connectivity index (χ1) is 11.8. The van der Waals surface area contributed by atoms with Crippen molar-refractivity contribution in [3.8, 4) is 11.1 Å². The Morgan fingerprint density at radius 2 is 1.33 bits per heavy atom. The van der Waals surface area contributed by atoms with Gasteiger partial charge in [-0.15, -0.1) is 0 Å². The Hall–Kier alpha value is -2.77. The van der Waals surface area contributed by atoms with Crippen LogP contribution < -0.4 is 0 Å². The topological polar surface area (TPSA) is 13.1 Å². The fraction of sp³-hybridized carbons (Fsp3) is 0. The lowest BCUT2D eigenvalue weighted by atomic mass is 10.0. The van der Waals surface area contributed by atoms with Gasteiger partial charge < -0.3 is 4.42 Å². The van der Waals surface area contributed by atoms with Gasteiger partial charge >= 0.3 is 0 Å². The summed E-state index contributed by atoms with van der Waals surface area (Å²) in [4.78, 5) is 0. The van der Waals surface area contributed by atoms with Gasteiger partial charge in [0.05, 0.1) is 0 Å². The third kappa shape index (κ3) is 1.95. The SMILES string of the molecule is Clc1ccc(-c2cccc3c2oc2c4ccccc4ccc32)cc1. The zero-order valence-electron chi connectivity index (χ0n) is 12.8. The largest absolute Gasteiger partial charge is 0.455 e. The zero-order chi connectivity index (χ0) is 16.1. The average molecular weight is 329 g/mol. The van der Waals surface area contributed by atoms with Gasteiger partial charge in [0.25, 0.3) is 0 Å². The first-order valence-corrected chi connectivity index (χ1v) is 8.28. The van der Waals surface area contributed by atoms with Crippen molar-refractivity contribution in [1.82, 2.24) is 0 Å². The van der Waals surface area contributed by atoms with Crippen LogP contribution in [-0.4, -0.2) is 0 Å². The summed E-state index contributed by atoms with van der Waals surface area (Å²) >= 11 is 6.02. The summed E-state index contributed by atoms with van der Waals surface area (Å²) < 4.78 is 6.35. The lowest BCUT2D eigenvalue weighted by Crippen LogP contribution is -1.78. The molecule has 2 heteroatoms. The Kier molecular flexibility index (Phi) is 2.91. The van der Waals surface area contributed by atoms with Crippen LogP contribution in [0.15, 0.2) is 83.3 Å². The Morgan fingerprint density at radius 1 is 0.583 bits per heavy atom. The molecule has 0 aliphatic heterocycles. The average Bonchev–Trinajstić information content (AvgIpc) is 3.02. The lowest BCUT2D eigenvalue weighted by Gasteiger charge is -2.02. The third-order valence-corrected chi connectivity index (χ3v) is 4.80. The quantitative estimate of drug-likeness (QED) is 0.321. The van der Waals surface area contributed by atoms with Crippen LogP contribution in [0.2, 0.25) is 5.02 Å². The van der Waals surface area contributed by atoms with E-state index in [1.54, 1.807) is 0 Å². The molecular formula is C22H13ClO. The number of rotatable bonds is 1. The summed E-state index contributed by atoms with van der Waals surface area (Å²) in [5.74, 6) is 0. The van der Waals surface area contributed by atoms with Crippen molar-refractivity contribution in [2.75, 3.05) is 0 Å². The predicted octanol–water partition coefficient (Wildman–Crippen LogP) is 7.06. The molecule has 0 saturated carbocycles. The van der Waals surface area contributed by atoms with E-state index < -0.39 is 0 Å². The van der Waals surface area contributed by atoms with Crippen LogP contribution in [0.4, 0.5) is 0 Å². The molecule has 0 aliphatic rings. The molecule has 0 radical (unpaired) electrons. The van der Waals surface area contributed by atoms with Crippen molar-refractivity contribution in [2.24, 2.45) is 0 Å². The van der Waals surface area contributed by atoms with E-state index in [9.17, 15) is 0 Å². The molecule has 4 aromatic carbocycles. The van der Waals surface area contributed by atoms with Gasteiger partial charge in [0, 0.05) is 26.7 Å². The second kappa shape index (κ2) is 5.12. The van der Waals surface area contributed by atoms with E-state index in [4.69, 9.17) is 16.0 Å². The fourth-order valence-corrected chi connectivity index (χ4v) is 3.51. The highest BCUT2D eigenvalue weighted by molar-refractivity contribution is 6.30. The molecule has 5 aromatic rings. The maximum atomic E-state index is 6.35. The van der Waals surface area contributed by atoms with Crippen molar-refractivity contribution >= 4 is 44.3 Å². The summed E-state index contributed by atoms with van der Waals surface area (Å²) in [7, 11) is 0. The first kappa shape index (κ1) is 13.6. The van der Waals surface area contributed by atoms with Crippen molar-refractivity contribution in [2.45, 2.75) is 0 Å². The van der Waals surface area contributed by atoms with Gasteiger partial charge in [0.1, 0.15) is 11.2 Å². The number of para-hydroxylation sites is 1. The monoisotopic (exact) mass is 328 g/mol. The van der Waals surface area contributed by atoms with Gasteiger partial charge in [-0.25, -0.2) is 0 Å². The van der Waals surface area contributed by atoms with E-state index in [1.165, 1.54) is 5.39 Å². The lowest BCUT2D eigenvalue weighted by molar-refractivity contribution is 0.674. The van der Waals surface area contributed by atoms with Gasteiger partial charge in [0.15, 0.2) is 0 Å². The van der Waals surface area contributed by atoms with Crippen LogP contribution in [0.5, 0.6) is 0 Å². The van der Waals surface area contributed by atoms with E-state index in [0.29, 0.717) is 0 Å². The second-order valence-corrected chi connectivity index (χ2v) is 6.39. The minimum absolute atomic E-state index is 0.738. The molecule has 0 fully saturated rings. The van der Waals surface area contributed by atoms with Gasteiger partial charge in [-0.1, -0.05) is 72.3 Å². The summed E-state index contributed by atoms with van der Waals surface area (Å²) in [5.41, 5.74) is 4.06. The Morgan fingerprint density at radius 3 is 2.21 bits per heavy atom. The predicted molar refractivity (Wildman–Crippen MR) is 102 cm³/mol. The molecule has 1 nitrogen and oxygen atoms in total. The fourth-order valence-electron chi connectivity index (χ4n) is 3.38. The van der Waals surface area contributed by atoms with Crippen LogP contribution in [-0.2, 0) is 0 Å². The maximum absolute atomic E-state index is 6.35. The molecule has 1 heterocycles. The van der Waals surface area contributed by atoms with Crippen molar-refractivity contribution < 1.29 is 4.42 Å². The van der Waals surface area contributed by atoms with Gasteiger partial charge in [-0.3, -0.25) is 0 Å². The van der Waals surface area contributed by atoms with Crippen molar-refractivity contribution in [3.63, 3.8) is 0 Å². The molecule has 0 spiro atoms. The zero-order valence-corrected chi connectivity index (χ0v) is 13.5. The summed E-state index contributed by atoms with van der Waals surface area (Å²) in [5, 5.41) is 5.37. The van der Waals surface area contributed by atoms with Crippen LogP contribution in [0, 0.1) is 0 Å². The Labute approximate surface area is 144 Å². The summed E-state index contributed by atoms with van der Waals surface area (Å²) in [6, 6.07) is 26.8. The van der Waals surface area contributed by atoms with E-state index in [-0.39, 0.29) is 0 Å². The van der Waals surface area contributed by atoms with E-state index in [1.807, 2.05) is 24.3 Å². The molecule has 0 saturated heterocycles. The number of hydrogen-bond acceptors (Lipinski definition) is 1. The highest BCUT2D eigenvalue weighted by Crippen LogP contribution is 2.38. The molecule has 0 aliphatic carbocycles. The first-order valence-electron chi connectivity index (χ1n) is 7.90. The minimum atomic E-state index is 0.738. The molecule has 0 amide bonds. The molecule has 24 heavy (non-hydrogen) atoms. The van der Waals surface area contributed by atoms with Crippen LogP contribution >= 0.6 is 11.6 Å². The molecular weight excluding hydrogens is 316 g/mol. The smallest absolute Gasteiger partial charge is 0.143 e. The number of fused-ring (bicyclic) bond motifs is 5. The molecule has 1 aromatic heterocycles. The number of halogens is 1. The molecule has 0 unspecified atom stereocenters. The molecule has 0 bridgehead atoms. The molecule has 114 valence electrons. The Balaban J connectivity index is 1.90. The summed E-state index contributed by atoms with van der Waals surface area (Å²) in [6.45, 7) is 0. The van der Waals surface area contributed by atoms with Crippen molar-refractivity contribution in [1.29, 1.82) is 0 Å². The van der Waals surface area contributed by atoms with Crippen LogP contribution in [0.25, 0.3) is 43.8 Å². The highest BCUT2D eigenvalue weighted by Gasteiger charge is 2.13. The normalized spacial score (nSPS) is 11.5. The third-order valence-electron chi connectivity index (χ3n) is 4.54. The van der Waals surface area contributed by atoms with Gasteiger partial charge in [0.2, 0.25) is 0 Å². The Bertz CT molecular complexity index is 1200. The van der Waals surface area contributed by atoms with Gasteiger partial charge in [-0.05, 0) is 29.1 Å². The number of benzene rings is 4. The number of hydrogen-bond donors (Lipinski definition) is 0. The van der Waals surface area contributed by atoms with Crippen molar-refractivity contribution in [3.05, 3.63) is 83.9 Å². The number of furan rings is 1. The molecule has 0 N–H and O–H groups in total. The minimum Gasteiger partial charge on any atom is -0.455 e. The molecule has 5 rings (SSSR count). The van der Waals surface area contributed by atoms with E-state index in [0.717, 1.165) is 43.5 Å². The highest BCUT2D eigenvalue weighted by atomic mass is 35.5. The van der Waals surface area contributed by atoms with Crippen LogP contribution in [0.1, 0.15) is 0 Å². The molecule has 0 atom stereocenters. The van der Waals surface area contributed by atoms with E-state index in [2.05, 4.69) is 54.6 Å². The summed E-state index contributed by atoms with van der Waals surface area (Å²) in [6.07, 6.45) is 0. The standard InChI is InChI=1S/C22H13ClO/c23-16-11-8-15(9-12-16)18-6-3-7-19-20-13-10-14-4-1-2-5-17(14)22(20)24-21(18)19/h1-13H. The second-order valence-electron chi connectivity index (χ2n) is 5.95. The van der Waals surface area contributed by atoms with E-state index >= 15 is 0 Å². The maximum Gasteiger partial charge on any atom is 0.143 e.